The van der Waals surface area contributed by atoms with E-state index in [9.17, 15) is 8.42 Å². The molecule has 0 aliphatic carbocycles. The Hall–Kier alpha value is -1.74. The number of aryl methyl sites for hydroxylation is 1. The van der Waals surface area contributed by atoms with E-state index >= 15 is 0 Å². The fraction of sp³-hybridized carbons (Fsp3) is 0.643. The molecule has 8 nitrogen and oxygen atoms in total. The molecule has 0 saturated carbocycles. The molecule has 1 atom stereocenters. The second-order valence-corrected chi connectivity index (χ2v) is 8.08. The maximum atomic E-state index is 11.8. The molecular weight excluding hydrogens is 316 g/mol. The van der Waals surface area contributed by atoms with Gasteiger partial charge in [0.25, 0.3) is 0 Å². The van der Waals surface area contributed by atoms with E-state index in [-0.39, 0.29) is 5.92 Å². The zero-order valence-corrected chi connectivity index (χ0v) is 14.5. The van der Waals surface area contributed by atoms with Crippen molar-refractivity contribution in [3.05, 3.63) is 29.9 Å². The first kappa shape index (κ1) is 16.1. The minimum absolute atomic E-state index is 0.0913. The van der Waals surface area contributed by atoms with Crippen LogP contribution >= 0.6 is 0 Å². The highest BCUT2D eigenvalue weighted by Crippen LogP contribution is 2.27. The Morgan fingerprint density at radius 1 is 1.35 bits per heavy atom. The van der Waals surface area contributed by atoms with E-state index in [1.165, 1.54) is 10.6 Å². The lowest BCUT2D eigenvalue weighted by atomic mass is 9.99. The fourth-order valence-electron chi connectivity index (χ4n) is 3.05. The van der Waals surface area contributed by atoms with Crippen molar-refractivity contribution in [3.63, 3.8) is 0 Å². The van der Waals surface area contributed by atoms with E-state index in [0.29, 0.717) is 19.6 Å². The van der Waals surface area contributed by atoms with E-state index in [0.717, 1.165) is 30.3 Å². The average molecular weight is 338 g/mol. The quantitative estimate of drug-likeness (QED) is 0.811. The van der Waals surface area contributed by atoms with Gasteiger partial charge in [-0.3, -0.25) is 0 Å². The zero-order chi connectivity index (χ0) is 16.6. The number of aromatic nitrogens is 5. The molecule has 2 aromatic rings. The summed E-state index contributed by atoms with van der Waals surface area (Å²) in [6.45, 7) is 3.63. The molecule has 126 valence electrons. The van der Waals surface area contributed by atoms with Crippen LogP contribution in [0.1, 0.15) is 36.2 Å². The van der Waals surface area contributed by atoms with Gasteiger partial charge >= 0.3 is 0 Å². The smallest absolute Gasteiger partial charge is 0.211 e. The molecule has 1 aliphatic rings. The predicted molar refractivity (Wildman–Crippen MR) is 85.5 cm³/mol. The second kappa shape index (κ2) is 6.04. The van der Waals surface area contributed by atoms with Crippen molar-refractivity contribution in [2.75, 3.05) is 19.3 Å². The number of sulfonamides is 1. The molecule has 0 N–H and O–H groups in total. The normalized spacial score (nSPS) is 20.0. The molecule has 9 heteroatoms. The summed E-state index contributed by atoms with van der Waals surface area (Å²) in [5, 5.41) is 8.61. The zero-order valence-electron chi connectivity index (χ0n) is 13.7. The molecule has 2 aromatic heterocycles. The molecule has 3 rings (SSSR count). The third kappa shape index (κ3) is 3.30. The lowest BCUT2D eigenvalue weighted by molar-refractivity contribution is 0.307. The first-order valence-electron chi connectivity index (χ1n) is 7.67. The van der Waals surface area contributed by atoms with Crippen LogP contribution in [0.5, 0.6) is 0 Å². The average Bonchev–Trinajstić information content (AvgIpc) is 3.06. The van der Waals surface area contributed by atoms with E-state index in [1.807, 2.05) is 29.3 Å². The topological polar surface area (TPSA) is 85.9 Å². The molecule has 1 saturated heterocycles. The summed E-state index contributed by atoms with van der Waals surface area (Å²) in [6.07, 6.45) is 6.72. The molecule has 0 bridgehead atoms. The van der Waals surface area contributed by atoms with Gasteiger partial charge in [-0.2, -0.15) is 0 Å². The van der Waals surface area contributed by atoms with Gasteiger partial charge in [0.05, 0.1) is 12.8 Å². The van der Waals surface area contributed by atoms with Crippen LogP contribution in [-0.4, -0.2) is 56.4 Å². The van der Waals surface area contributed by atoms with Gasteiger partial charge in [0, 0.05) is 38.4 Å². The van der Waals surface area contributed by atoms with E-state index < -0.39 is 10.0 Å². The van der Waals surface area contributed by atoms with Crippen molar-refractivity contribution in [2.24, 2.45) is 7.05 Å². The van der Waals surface area contributed by atoms with Gasteiger partial charge in [-0.15, -0.1) is 10.2 Å². The fourth-order valence-corrected chi connectivity index (χ4v) is 3.96. The van der Waals surface area contributed by atoms with Crippen LogP contribution in [0.4, 0.5) is 0 Å². The molecule has 0 spiro atoms. The molecule has 0 radical (unpaired) electrons. The lowest BCUT2D eigenvalue weighted by Gasteiger charge is -2.30. The Morgan fingerprint density at radius 2 is 2.13 bits per heavy atom. The van der Waals surface area contributed by atoms with E-state index in [4.69, 9.17) is 0 Å². The Morgan fingerprint density at radius 3 is 2.78 bits per heavy atom. The monoisotopic (exact) mass is 338 g/mol. The maximum absolute atomic E-state index is 11.8. The lowest BCUT2D eigenvalue weighted by Crippen LogP contribution is -2.39. The van der Waals surface area contributed by atoms with Gasteiger partial charge in [-0.1, -0.05) is 0 Å². The number of imidazole rings is 1. The highest BCUT2D eigenvalue weighted by molar-refractivity contribution is 7.88. The highest BCUT2D eigenvalue weighted by atomic mass is 32.2. The largest absolute Gasteiger partial charge is 0.328 e. The van der Waals surface area contributed by atoms with Crippen molar-refractivity contribution in [1.82, 2.24) is 28.6 Å². The van der Waals surface area contributed by atoms with E-state index in [1.54, 1.807) is 6.20 Å². The van der Waals surface area contributed by atoms with Gasteiger partial charge in [0.15, 0.2) is 5.82 Å². The summed E-state index contributed by atoms with van der Waals surface area (Å²) in [7, 11) is -1.22. The number of hydrogen-bond acceptors (Lipinski definition) is 5. The Balaban J connectivity index is 1.80. The molecule has 0 aromatic carbocycles. The number of piperidine rings is 1. The number of nitrogens with zero attached hydrogens (tertiary/aromatic N) is 6. The second-order valence-electron chi connectivity index (χ2n) is 6.10. The molecule has 1 fully saturated rings. The third-order valence-corrected chi connectivity index (χ3v) is 5.72. The van der Waals surface area contributed by atoms with Gasteiger partial charge in [0.2, 0.25) is 10.0 Å². The minimum atomic E-state index is -3.16. The van der Waals surface area contributed by atoms with Crippen LogP contribution < -0.4 is 0 Å². The maximum Gasteiger partial charge on any atom is 0.211 e. The molecule has 3 heterocycles. The predicted octanol–water partition coefficient (Wildman–Crippen LogP) is 0.507. The summed E-state index contributed by atoms with van der Waals surface area (Å²) in [6, 6.07) is 0. The molecule has 0 unspecified atom stereocenters. The summed E-state index contributed by atoms with van der Waals surface area (Å²) >= 11 is 0. The van der Waals surface area contributed by atoms with Gasteiger partial charge in [-0.05, 0) is 19.8 Å². The van der Waals surface area contributed by atoms with Gasteiger partial charge in [0.1, 0.15) is 11.6 Å². The standard InChI is InChI=1S/C14H22N6O2S/c1-11-15-6-8-19(11)10-13-16-17-14(18(13)2)12-5-4-7-20(9-12)23(3,21)22/h6,8,12H,4-5,7,9-10H2,1-3H3/t12-/m0/s1. The van der Waals surface area contributed by atoms with Crippen LogP contribution in [-0.2, 0) is 23.6 Å². The third-order valence-electron chi connectivity index (χ3n) is 4.45. The Bertz CT molecular complexity index is 794. The first-order valence-corrected chi connectivity index (χ1v) is 9.52. The van der Waals surface area contributed by atoms with Crippen LogP contribution in [0.2, 0.25) is 0 Å². The summed E-state index contributed by atoms with van der Waals surface area (Å²) in [4.78, 5) is 4.21. The summed E-state index contributed by atoms with van der Waals surface area (Å²) in [5.74, 6) is 2.72. The van der Waals surface area contributed by atoms with E-state index in [2.05, 4.69) is 15.2 Å². The van der Waals surface area contributed by atoms with Crippen molar-refractivity contribution >= 4 is 10.0 Å². The molecular formula is C14H22N6O2S. The number of hydrogen-bond donors (Lipinski definition) is 0. The van der Waals surface area contributed by atoms with Crippen LogP contribution in [0.15, 0.2) is 12.4 Å². The molecule has 0 amide bonds. The van der Waals surface area contributed by atoms with Crippen LogP contribution in [0, 0.1) is 6.92 Å². The van der Waals surface area contributed by atoms with Crippen molar-refractivity contribution in [1.29, 1.82) is 0 Å². The Labute approximate surface area is 136 Å². The van der Waals surface area contributed by atoms with Crippen LogP contribution in [0.25, 0.3) is 0 Å². The number of rotatable bonds is 4. The summed E-state index contributed by atoms with van der Waals surface area (Å²) < 4.78 is 29.1. The highest BCUT2D eigenvalue weighted by Gasteiger charge is 2.30. The molecule has 23 heavy (non-hydrogen) atoms. The van der Waals surface area contributed by atoms with Gasteiger partial charge < -0.3 is 9.13 Å². The molecule has 1 aliphatic heterocycles. The summed E-state index contributed by atoms with van der Waals surface area (Å²) in [5.41, 5.74) is 0. The van der Waals surface area contributed by atoms with Gasteiger partial charge in [-0.25, -0.2) is 17.7 Å². The van der Waals surface area contributed by atoms with Crippen LogP contribution in [0.3, 0.4) is 0 Å². The SMILES string of the molecule is Cc1nccn1Cc1nnc([C@H]2CCCN(S(C)(=O)=O)C2)n1C. The first-order chi connectivity index (χ1) is 10.9. The van der Waals surface area contributed by atoms with Crippen molar-refractivity contribution in [2.45, 2.75) is 32.2 Å². The Kier molecular flexibility index (Phi) is 4.24. The minimum Gasteiger partial charge on any atom is -0.328 e. The van der Waals surface area contributed by atoms with Crippen molar-refractivity contribution < 1.29 is 8.42 Å². The van der Waals surface area contributed by atoms with Crippen molar-refractivity contribution in [3.8, 4) is 0 Å².